The van der Waals surface area contributed by atoms with E-state index in [0.29, 0.717) is 16.5 Å². The van der Waals surface area contributed by atoms with Crippen LogP contribution in [-0.2, 0) is 6.54 Å². The summed E-state index contributed by atoms with van der Waals surface area (Å²) in [5.74, 6) is 0.750. The van der Waals surface area contributed by atoms with Gasteiger partial charge in [-0.05, 0) is 40.2 Å². The van der Waals surface area contributed by atoms with Gasteiger partial charge >= 0.3 is 0 Å². The first-order valence-electron chi connectivity index (χ1n) is 6.86. The van der Waals surface area contributed by atoms with E-state index in [0.717, 1.165) is 22.0 Å². The minimum absolute atomic E-state index is 0.105. The molecule has 0 radical (unpaired) electrons. The third-order valence-corrected chi connectivity index (χ3v) is 4.84. The molecule has 0 unspecified atom stereocenters. The SMILES string of the molecule is O=c1c(Br)nn(Cc2csc(-c3ccco3)n2)c2ccccc12. The Bertz CT molecular complexity index is 1040. The topological polar surface area (TPSA) is 60.9 Å². The van der Waals surface area contributed by atoms with Crippen molar-refractivity contribution < 1.29 is 4.42 Å². The Labute approximate surface area is 143 Å². The van der Waals surface area contributed by atoms with Gasteiger partial charge in [-0.1, -0.05) is 12.1 Å². The van der Waals surface area contributed by atoms with Crippen LogP contribution in [0.5, 0.6) is 0 Å². The van der Waals surface area contributed by atoms with Crippen LogP contribution >= 0.6 is 27.3 Å². The molecular weight excluding hydrogens is 378 g/mol. The number of rotatable bonds is 3. The number of fused-ring (bicyclic) bond motifs is 1. The highest BCUT2D eigenvalue weighted by Crippen LogP contribution is 2.24. The first-order chi connectivity index (χ1) is 11.2. The van der Waals surface area contributed by atoms with Crippen LogP contribution in [0, 0.1) is 0 Å². The Morgan fingerprint density at radius 2 is 2.09 bits per heavy atom. The average molecular weight is 388 g/mol. The minimum Gasteiger partial charge on any atom is -0.462 e. The molecule has 0 amide bonds. The number of thiazole rings is 1. The van der Waals surface area contributed by atoms with Gasteiger partial charge in [-0.2, -0.15) is 5.10 Å². The third kappa shape index (κ3) is 2.62. The molecule has 0 N–H and O–H groups in total. The van der Waals surface area contributed by atoms with Crippen LogP contribution in [0.15, 0.2) is 61.9 Å². The molecule has 114 valence electrons. The van der Waals surface area contributed by atoms with Crippen molar-refractivity contribution >= 4 is 38.2 Å². The molecule has 0 aliphatic rings. The van der Waals surface area contributed by atoms with E-state index in [1.807, 2.05) is 35.7 Å². The van der Waals surface area contributed by atoms with Gasteiger partial charge in [0, 0.05) is 5.38 Å². The number of hydrogen-bond donors (Lipinski definition) is 0. The predicted octanol–water partition coefficient (Wildman–Crippen LogP) is 3.92. The lowest BCUT2D eigenvalue weighted by atomic mass is 10.2. The molecule has 0 aliphatic carbocycles. The molecule has 0 saturated carbocycles. The van der Waals surface area contributed by atoms with Crippen molar-refractivity contribution in [2.24, 2.45) is 0 Å². The summed E-state index contributed by atoms with van der Waals surface area (Å²) in [5.41, 5.74) is 1.55. The maximum absolute atomic E-state index is 12.1. The van der Waals surface area contributed by atoms with Gasteiger partial charge in [-0.3, -0.25) is 9.48 Å². The first-order valence-corrected chi connectivity index (χ1v) is 8.53. The molecule has 7 heteroatoms. The molecule has 0 bridgehead atoms. The van der Waals surface area contributed by atoms with Crippen molar-refractivity contribution in [1.29, 1.82) is 0 Å². The Kier molecular flexibility index (Phi) is 3.59. The molecule has 0 saturated heterocycles. The lowest BCUT2D eigenvalue weighted by Crippen LogP contribution is -2.15. The molecule has 3 aromatic heterocycles. The van der Waals surface area contributed by atoms with Gasteiger partial charge in [0.2, 0.25) is 5.43 Å². The summed E-state index contributed by atoms with van der Waals surface area (Å²) in [6.07, 6.45) is 1.63. The molecule has 0 atom stereocenters. The number of aromatic nitrogens is 3. The fourth-order valence-corrected chi connectivity index (χ4v) is 3.56. The van der Waals surface area contributed by atoms with E-state index in [2.05, 4.69) is 26.0 Å². The normalized spacial score (nSPS) is 11.2. The van der Waals surface area contributed by atoms with E-state index in [9.17, 15) is 4.79 Å². The monoisotopic (exact) mass is 387 g/mol. The highest BCUT2D eigenvalue weighted by atomic mass is 79.9. The van der Waals surface area contributed by atoms with E-state index < -0.39 is 0 Å². The second-order valence-corrected chi connectivity index (χ2v) is 6.53. The maximum atomic E-state index is 12.1. The maximum Gasteiger partial charge on any atom is 0.222 e. The summed E-state index contributed by atoms with van der Waals surface area (Å²) in [7, 11) is 0. The highest BCUT2D eigenvalue weighted by Gasteiger charge is 2.11. The number of nitrogens with zero attached hydrogens (tertiary/aromatic N) is 3. The lowest BCUT2D eigenvalue weighted by Gasteiger charge is -2.08. The number of hydrogen-bond acceptors (Lipinski definition) is 5. The van der Waals surface area contributed by atoms with Crippen molar-refractivity contribution in [2.75, 3.05) is 0 Å². The lowest BCUT2D eigenvalue weighted by molar-refractivity contribution is 0.581. The van der Waals surface area contributed by atoms with Crippen molar-refractivity contribution in [1.82, 2.24) is 14.8 Å². The fraction of sp³-hybridized carbons (Fsp3) is 0.0625. The molecule has 0 aliphatic heterocycles. The Hall–Kier alpha value is -2.25. The van der Waals surface area contributed by atoms with Crippen LogP contribution in [-0.4, -0.2) is 14.8 Å². The van der Waals surface area contributed by atoms with E-state index in [1.54, 1.807) is 17.0 Å². The predicted molar refractivity (Wildman–Crippen MR) is 92.6 cm³/mol. The Morgan fingerprint density at radius 3 is 2.91 bits per heavy atom. The van der Waals surface area contributed by atoms with Gasteiger partial charge in [0.15, 0.2) is 15.4 Å². The summed E-state index contributed by atoms with van der Waals surface area (Å²) in [6.45, 7) is 0.483. The van der Waals surface area contributed by atoms with E-state index in [4.69, 9.17) is 4.42 Å². The smallest absolute Gasteiger partial charge is 0.222 e. The third-order valence-electron chi connectivity index (χ3n) is 3.42. The number of furan rings is 1. The van der Waals surface area contributed by atoms with Gasteiger partial charge in [0.25, 0.3) is 0 Å². The van der Waals surface area contributed by atoms with Crippen LogP contribution in [0.4, 0.5) is 0 Å². The summed E-state index contributed by atoms with van der Waals surface area (Å²) in [6, 6.07) is 11.1. The Balaban J connectivity index is 1.76. The fourth-order valence-electron chi connectivity index (χ4n) is 2.37. The van der Waals surface area contributed by atoms with Crippen LogP contribution in [0.25, 0.3) is 21.7 Å². The number of halogens is 1. The van der Waals surface area contributed by atoms with Crippen molar-refractivity contribution in [3.8, 4) is 10.8 Å². The summed E-state index contributed by atoms with van der Waals surface area (Å²) in [5, 5.41) is 7.77. The first kappa shape index (κ1) is 14.3. The summed E-state index contributed by atoms with van der Waals surface area (Å²) in [4.78, 5) is 16.7. The zero-order valence-corrected chi connectivity index (χ0v) is 14.2. The van der Waals surface area contributed by atoms with Crippen molar-refractivity contribution in [3.63, 3.8) is 0 Å². The van der Waals surface area contributed by atoms with E-state index >= 15 is 0 Å². The highest BCUT2D eigenvalue weighted by molar-refractivity contribution is 9.10. The van der Waals surface area contributed by atoms with Gasteiger partial charge in [0.1, 0.15) is 0 Å². The number of para-hydroxylation sites is 1. The van der Waals surface area contributed by atoms with Crippen LogP contribution in [0.2, 0.25) is 0 Å². The zero-order valence-electron chi connectivity index (χ0n) is 11.8. The van der Waals surface area contributed by atoms with Gasteiger partial charge < -0.3 is 4.42 Å². The van der Waals surface area contributed by atoms with Crippen LogP contribution in [0.3, 0.4) is 0 Å². The standard InChI is InChI=1S/C16H10BrN3O2S/c17-15-14(21)11-4-1-2-5-12(11)20(19-15)8-10-9-23-16(18-10)13-6-3-7-22-13/h1-7,9H,8H2. The van der Waals surface area contributed by atoms with Crippen LogP contribution < -0.4 is 5.43 Å². The Morgan fingerprint density at radius 1 is 1.22 bits per heavy atom. The molecule has 4 rings (SSSR count). The molecule has 3 heterocycles. The van der Waals surface area contributed by atoms with Crippen LogP contribution in [0.1, 0.15) is 5.69 Å². The molecule has 5 nitrogen and oxygen atoms in total. The molecule has 0 fully saturated rings. The average Bonchev–Trinajstić information content (AvgIpc) is 3.23. The molecule has 0 spiro atoms. The molecule has 4 aromatic rings. The second kappa shape index (κ2) is 5.75. The van der Waals surface area contributed by atoms with Crippen molar-refractivity contribution in [3.05, 3.63) is 68.6 Å². The summed E-state index contributed by atoms with van der Waals surface area (Å²) >= 11 is 4.76. The molecular formula is C16H10BrN3O2S. The van der Waals surface area contributed by atoms with Crippen molar-refractivity contribution in [2.45, 2.75) is 6.54 Å². The summed E-state index contributed by atoms with van der Waals surface area (Å²) < 4.78 is 7.45. The molecule has 1 aromatic carbocycles. The number of benzene rings is 1. The zero-order chi connectivity index (χ0) is 15.8. The second-order valence-electron chi connectivity index (χ2n) is 4.92. The van der Waals surface area contributed by atoms with Gasteiger partial charge in [-0.15, -0.1) is 11.3 Å². The quantitative estimate of drug-likeness (QED) is 0.534. The molecule has 23 heavy (non-hydrogen) atoms. The van der Waals surface area contributed by atoms with E-state index in [-0.39, 0.29) is 5.43 Å². The van der Waals surface area contributed by atoms with E-state index in [1.165, 1.54) is 11.3 Å². The minimum atomic E-state index is -0.105. The van der Waals surface area contributed by atoms with Gasteiger partial charge in [0.05, 0.1) is 29.4 Å². The largest absolute Gasteiger partial charge is 0.462 e. The van der Waals surface area contributed by atoms with Gasteiger partial charge in [-0.25, -0.2) is 4.98 Å².